The molecule has 2 heterocycles. The lowest BCUT2D eigenvalue weighted by Crippen LogP contribution is -2.23. The predicted octanol–water partition coefficient (Wildman–Crippen LogP) is 4.09. The van der Waals surface area contributed by atoms with E-state index in [4.69, 9.17) is 5.73 Å². The molecule has 0 aromatic carbocycles. The van der Waals surface area contributed by atoms with Crippen molar-refractivity contribution >= 4 is 17.6 Å². The fourth-order valence-corrected chi connectivity index (χ4v) is 3.31. The normalized spacial score (nSPS) is 18.7. The van der Waals surface area contributed by atoms with Gasteiger partial charge in [-0.15, -0.1) is 0 Å². The van der Waals surface area contributed by atoms with E-state index in [1.54, 1.807) is 0 Å². The molecule has 0 bridgehead atoms. The average Bonchev–Trinajstić information content (AvgIpc) is 3.55. The zero-order valence-corrected chi connectivity index (χ0v) is 16.6. The highest BCUT2D eigenvalue weighted by Gasteiger charge is 2.37. The topological polar surface area (TPSA) is 102 Å². The standard InChI is InChI=1S/C19H23F4N7/c1-8(10-3-4-10)25-17-28-16(29-18(30-17)26-9(2)11-5-6-11)13-7-12(20)14(24)15(27-13)19(21,22)23/h7-11H,3-6,24H2,1-2H3,(H2,25,26,28,29,30)/t8-,9-/m1/s1. The number of nitrogens with one attached hydrogen (secondary N) is 2. The van der Waals surface area contributed by atoms with Crippen LogP contribution in [0.25, 0.3) is 11.5 Å². The summed E-state index contributed by atoms with van der Waals surface area (Å²) in [5, 5.41) is 6.35. The van der Waals surface area contributed by atoms with Gasteiger partial charge in [0, 0.05) is 18.2 Å². The zero-order chi connectivity index (χ0) is 21.6. The van der Waals surface area contributed by atoms with Gasteiger partial charge < -0.3 is 16.4 Å². The Hall–Kier alpha value is -2.72. The third-order valence-corrected chi connectivity index (χ3v) is 5.51. The molecule has 0 saturated heterocycles. The summed E-state index contributed by atoms with van der Waals surface area (Å²) in [6.07, 6.45) is -0.534. The lowest BCUT2D eigenvalue weighted by molar-refractivity contribution is -0.140. The number of hydrogen-bond acceptors (Lipinski definition) is 7. The van der Waals surface area contributed by atoms with Crippen molar-refractivity contribution in [2.24, 2.45) is 11.8 Å². The SMILES string of the molecule is C[C@@H](Nc1nc(N[C@H](C)C2CC2)nc(-c2cc(F)c(N)c(C(F)(F)F)n2)n1)C1CC1. The first-order chi connectivity index (χ1) is 14.1. The average molecular weight is 425 g/mol. The molecule has 4 rings (SSSR count). The Balaban J connectivity index is 1.72. The lowest BCUT2D eigenvalue weighted by Gasteiger charge is -2.17. The van der Waals surface area contributed by atoms with Gasteiger partial charge in [-0.1, -0.05) is 0 Å². The number of anilines is 3. The molecule has 2 aliphatic rings. The Morgan fingerprint density at radius 1 is 0.933 bits per heavy atom. The highest BCUT2D eigenvalue weighted by molar-refractivity contribution is 5.59. The van der Waals surface area contributed by atoms with Crippen LogP contribution in [0.3, 0.4) is 0 Å². The van der Waals surface area contributed by atoms with Gasteiger partial charge in [-0.2, -0.15) is 28.1 Å². The number of rotatable bonds is 7. The number of halogens is 4. The van der Waals surface area contributed by atoms with Gasteiger partial charge in [0.2, 0.25) is 11.9 Å². The van der Waals surface area contributed by atoms with Gasteiger partial charge in [0.15, 0.2) is 17.3 Å². The van der Waals surface area contributed by atoms with Gasteiger partial charge >= 0.3 is 6.18 Å². The van der Waals surface area contributed by atoms with Gasteiger partial charge in [0.05, 0.1) is 5.69 Å². The maximum atomic E-state index is 14.1. The summed E-state index contributed by atoms with van der Waals surface area (Å²) < 4.78 is 53.8. The van der Waals surface area contributed by atoms with E-state index in [0.29, 0.717) is 11.8 Å². The number of nitrogen functional groups attached to an aromatic ring is 1. The van der Waals surface area contributed by atoms with Crippen LogP contribution in [-0.2, 0) is 6.18 Å². The minimum Gasteiger partial charge on any atom is -0.395 e. The molecule has 2 aromatic rings. The molecule has 0 unspecified atom stereocenters. The quantitative estimate of drug-likeness (QED) is 0.574. The van der Waals surface area contributed by atoms with Gasteiger partial charge in [0.1, 0.15) is 5.69 Å². The van der Waals surface area contributed by atoms with Crippen molar-refractivity contribution in [3.63, 3.8) is 0 Å². The zero-order valence-electron chi connectivity index (χ0n) is 16.6. The molecule has 2 saturated carbocycles. The van der Waals surface area contributed by atoms with Gasteiger partial charge in [0.25, 0.3) is 0 Å². The highest BCUT2D eigenvalue weighted by Crippen LogP contribution is 2.36. The molecule has 7 nitrogen and oxygen atoms in total. The predicted molar refractivity (Wildman–Crippen MR) is 104 cm³/mol. The molecular formula is C19H23F4N7. The minimum atomic E-state index is -4.91. The number of nitrogens with two attached hydrogens (primary N) is 1. The Labute approximate surface area is 170 Å². The van der Waals surface area contributed by atoms with Crippen molar-refractivity contribution in [1.82, 2.24) is 19.9 Å². The van der Waals surface area contributed by atoms with Crippen LogP contribution < -0.4 is 16.4 Å². The first kappa shape index (κ1) is 20.5. The molecule has 0 amide bonds. The van der Waals surface area contributed by atoms with Gasteiger partial charge in [-0.25, -0.2) is 9.37 Å². The van der Waals surface area contributed by atoms with Crippen LogP contribution in [0, 0.1) is 17.7 Å². The van der Waals surface area contributed by atoms with Crippen molar-refractivity contribution in [2.45, 2.75) is 57.8 Å². The van der Waals surface area contributed by atoms with E-state index in [1.807, 2.05) is 13.8 Å². The van der Waals surface area contributed by atoms with E-state index < -0.39 is 23.4 Å². The van der Waals surface area contributed by atoms with E-state index in [-0.39, 0.29) is 35.5 Å². The van der Waals surface area contributed by atoms with Crippen LogP contribution in [-0.4, -0.2) is 32.0 Å². The molecule has 0 aliphatic heterocycles. The summed E-state index contributed by atoms with van der Waals surface area (Å²) in [4.78, 5) is 16.3. The monoisotopic (exact) mass is 425 g/mol. The Morgan fingerprint density at radius 2 is 1.43 bits per heavy atom. The first-order valence-electron chi connectivity index (χ1n) is 9.94. The first-order valence-corrected chi connectivity index (χ1v) is 9.94. The van der Waals surface area contributed by atoms with E-state index in [2.05, 4.69) is 30.6 Å². The highest BCUT2D eigenvalue weighted by atomic mass is 19.4. The molecule has 0 radical (unpaired) electrons. The molecule has 11 heteroatoms. The van der Waals surface area contributed by atoms with Crippen molar-refractivity contribution in [2.75, 3.05) is 16.4 Å². The van der Waals surface area contributed by atoms with Crippen LogP contribution >= 0.6 is 0 Å². The largest absolute Gasteiger partial charge is 0.435 e. The van der Waals surface area contributed by atoms with Crippen LogP contribution in [0.2, 0.25) is 0 Å². The van der Waals surface area contributed by atoms with Crippen molar-refractivity contribution in [1.29, 1.82) is 0 Å². The Bertz CT molecular complexity index is 903. The summed E-state index contributed by atoms with van der Waals surface area (Å²) in [6, 6.07) is 0.994. The molecule has 2 aliphatic carbocycles. The number of pyridine rings is 1. The maximum Gasteiger partial charge on any atom is 0.435 e. The third kappa shape index (κ3) is 4.54. The summed E-state index contributed by atoms with van der Waals surface area (Å²) >= 11 is 0. The fourth-order valence-electron chi connectivity index (χ4n) is 3.31. The van der Waals surface area contributed by atoms with E-state index in [1.165, 1.54) is 0 Å². The summed E-state index contributed by atoms with van der Waals surface area (Å²) in [5.41, 5.74) is 2.34. The number of alkyl halides is 3. The van der Waals surface area contributed by atoms with Crippen LogP contribution in [0.1, 0.15) is 45.2 Å². The second-order valence-electron chi connectivity index (χ2n) is 8.10. The van der Waals surface area contributed by atoms with E-state index in [0.717, 1.165) is 31.7 Å². The lowest BCUT2D eigenvalue weighted by atomic mass is 10.2. The van der Waals surface area contributed by atoms with Crippen molar-refractivity contribution < 1.29 is 17.6 Å². The second-order valence-corrected chi connectivity index (χ2v) is 8.10. The van der Waals surface area contributed by atoms with Crippen LogP contribution in [0.4, 0.5) is 35.1 Å². The summed E-state index contributed by atoms with van der Waals surface area (Å²) in [7, 11) is 0. The van der Waals surface area contributed by atoms with Crippen LogP contribution in [0.5, 0.6) is 0 Å². The Kier molecular flexibility index (Phi) is 5.15. The fraction of sp³-hybridized carbons (Fsp3) is 0.579. The van der Waals surface area contributed by atoms with E-state index in [9.17, 15) is 17.6 Å². The Morgan fingerprint density at radius 3 is 1.87 bits per heavy atom. The number of hydrogen-bond donors (Lipinski definition) is 3. The molecule has 162 valence electrons. The molecule has 2 fully saturated rings. The van der Waals surface area contributed by atoms with Crippen molar-refractivity contribution in [3.05, 3.63) is 17.6 Å². The smallest absolute Gasteiger partial charge is 0.395 e. The van der Waals surface area contributed by atoms with Crippen LogP contribution in [0.15, 0.2) is 6.07 Å². The molecule has 0 spiro atoms. The minimum absolute atomic E-state index is 0.0933. The van der Waals surface area contributed by atoms with Gasteiger partial charge in [-0.3, -0.25) is 0 Å². The van der Waals surface area contributed by atoms with Crippen molar-refractivity contribution in [3.8, 4) is 11.5 Å². The maximum absolute atomic E-state index is 14.1. The molecule has 30 heavy (non-hydrogen) atoms. The molecule has 4 N–H and O–H groups in total. The summed E-state index contributed by atoms with van der Waals surface area (Å²) in [6.45, 7) is 3.98. The second kappa shape index (κ2) is 7.51. The third-order valence-electron chi connectivity index (χ3n) is 5.51. The van der Waals surface area contributed by atoms with E-state index >= 15 is 0 Å². The molecule has 2 aromatic heterocycles. The number of aromatic nitrogens is 4. The summed E-state index contributed by atoms with van der Waals surface area (Å²) in [5.74, 6) is 0.0155. The molecular weight excluding hydrogens is 402 g/mol. The molecule has 2 atom stereocenters. The van der Waals surface area contributed by atoms with Gasteiger partial charge in [-0.05, 0) is 51.4 Å². The number of nitrogens with zero attached hydrogens (tertiary/aromatic N) is 4.